The van der Waals surface area contributed by atoms with Crippen molar-refractivity contribution in [1.29, 1.82) is 0 Å². The highest BCUT2D eigenvalue weighted by molar-refractivity contribution is 8.76. The first-order valence-electron chi connectivity index (χ1n) is 7.20. The van der Waals surface area contributed by atoms with E-state index < -0.39 is 5.97 Å². The van der Waals surface area contributed by atoms with E-state index in [2.05, 4.69) is 5.32 Å². The van der Waals surface area contributed by atoms with Crippen LogP contribution in [-0.2, 0) is 9.53 Å². The van der Waals surface area contributed by atoms with Crippen molar-refractivity contribution in [2.75, 3.05) is 38.4 Å². The molecule has 24 heavy (non-hydrogen) atoms. The topological polar surface area (TPSA) is 84.9 Å². The lowest BCUT2D eigenvalue weighted by Gasteiger charge is -2.09. The number of hydrogen-bond acceptors (Lipinski definition) is 6. The third kappa shape index (κ3) is 8.68. The monoisotopic (exact) mass is 393 g/mol. The van der Waals surface area contributed by atoms with Crippen molar-refractivity contribution in [3.05, 3.63) is 28.8 Å². The first kappa shape index (κ1) is 21.0. The zero-order chi connectivity index (χ0) is 17.8. The summed E-state index contributed by atoms with van der Waals surface area (Å²) in [4.78, 5) is 22.4. The molecule has 0 unspecified atom stereocenters. The summed E-state index contributed by atoms with van der Waals surface area (Å²) in [6.45, 7) is 1.36. The van der Waals surface area contributed by atoms with Crippen molar-refractivity contribution >= 4 is 45.1 Å². The van der Waals surface area contributed by atoms with Crippen LogP contribution in [0.2, 0.25) is 5.02 Å². The lowest BCUT2D eigenvalue weighted by atomic mass is 10.2. The number of carbonyl (C=O) groups excluding carboxylic acids is 1. The molecular formula is C15H20ClNO5S2. The number of ether oxygens (including phenoxy) is 2. The zero-order valence-corrected chi connectivity index (χ0v) is 15.6. The molecule has 0 atom stereocenters. The van der Waals surface area contributed by atoms with E-state index in [1.807, 2.05) is 0 Å². The molecule has 134 valence electrons. The number of carboxylic acid groups (broad SMARTS) is 1. The molecule has 1 amide bonds. The van der Waals surface area contributed by atoms with E-state index in [0.717, 1.165) is 0 Å². The van der Waals surface area contributed by atoms with Gasteiger partial charge < -0.3 is 19.9 Å². The third-order valence-electron chi connectivity index (χ3n) is 2.69. The van der Waals surface area contributed by atoms with Gasteiger partial charge in [-0.25, -0.2) is 0 Å². The minimum absolute atomic E-state index is 0.137. The van der Waals surface area contributed by atoms with Crippen molar-refractivity contribution < 1.29 is 24.2 Å². The lowest BCUT2D eigenvalue weighted by molar-refractivity contribution is -0.136. The van der Waals surface area contributed by atoms with E-state index >= 15 is 0 Å². The maximum Gasteiger partial charge on any atom is 0.304 e. The molecule has 0 aliphatic rings. The van der Waals surface area contributed by atoms with Crippen LogP contribution in [0.25, 0.3) is 0 Å². The number of carbonyl (C=O) groups is 2. The number of benzene rings is 1. The summed E-state index contributed by atoms with van der Waals surface area (Å²) in [5, 5.41) is 11.6. The molecule has 9 heteroatoms. The number of methoxy groups -OCH3 is 1. The average Bonchev–Trinajstić information content (AvgIpc) is 2.54. The summed E-state index contributed by atoms with van der Waals surface area (Å²) in [7, 11) is 4.59. The Labute approximate surface area is 154 Å². The second-order valence-electron chi connectivity index (χ2n) is 4.53. The second kappa shape index (κ2) is 12.3. The van der Waals surface area contributed by atoms with Gasteiger partial charge in [-0.15, -0.1) is 0 Å². The van der Waals surface area contributed by atoms with Crippen LogP contribution < -0.4 is 10.1 Å². The Bertz CT molecular complexity index is 545. The molecule has 1 rings (SSSR count). The number of carboxylic acids is 1. The summed E-state index contributed by atoms with van der Waals surface area (Å²) in [6.07, 6.45) is 0.137. The Morgan fingerprint density at radius 2 is 2.00 bits per heavy atom. The van der Waals surface area contributed by atoms with E-state index in [9.17, 15) is 9.59 Å². The number of hydrogen-bond donors (Lipinski definition) is 2. The third-order valence-corrected chi connectivity index (χ3v) is 5.42. The van der Waals surface area contributed by atoms with Gasteiger partial charge in [0.2, 0.25) is 0 Å². The van der Waals surface area contributed by atoms with Crippen LogP contribution >= 0.6 is 33.2 Å². The quantitative estimate of drug-likeness (QED) is 0.417. The molecule has 1 aromatic carbocycles. The van der Waals surface area contributed by atoms with Gasteiger partial charge in [-0.05, 0) is 18.2 Å². The average molecular weight is 394 g/mol. The minimum Gasteiger partial charge on any atom is -0.491 e. The van der Waals surface area contributed by atoms with Crippen molar-refractivity contribution in [2.45, 2.75) is 6.42 Å². The molecule has 0 spiro atoms. The standard InChI is InChI=1S/C15H20ClNO5S2/c1-21-6-7-22-11-2-3-12(13(16)10-11)15(20)17-5-9-24-23-8-4-14(18)19/h2-3,10H,4-9H2,1H3,(H,17,20)(H,18,19). The maximum atomic E-state index is 12.1. The Balaban J connectivity index is 2.30. The predicted octanol–water partition coefficient (Wildman–Crippen LogP) is 2.95. The van der Waals surface area contributed by atoms with Crippen LogP contribution in [0.4, 0.5) is 0 Å². The largest absolute Gasteiger partial charge is 0.491 e. The van der Waals surface area contributed by atoms with E-state index in [4.69, 9.17) is 26.2 Å². The summed E-state index contributed by atoms with van der Waals surface area (Å²) in [5.74, 6) is 0.759. The highest BCUT2D eigenvalue weighted by Gasteiger charge is 2.11. The van der Waals surface area contributed by atoms with Crippen LogP contribution in [-0.4, -0.2) is 55.4 Å². The van der Waals surface area contributed by atoms with Crippen LogP contribution in [0, 0.1) is 0 Å². The van der Waals surface area contributed by atoms with Crippen molar-refractivity contribution in [1.82, 2.24) is 5.32 Å². The van der Waals surface area contributed by atoms with Gasteiger partial charge in [-0.2, -0.15) is 0 Å². The SMILES string of the molecule is COCCOc1ccc(C(=O)NCCSSCCC(=O)O)c(Cl)c1. The number of halogens is 1. The smallest absolute Gasteiger partial charge is 0.304 e. The maximum absolute atomic E-state index is 12.1. The highest BCUT2D eigenvalue weighted by Crippen LogP contribution is 2.23. The number of rotatable bonds is 12. The van der Waals surface area contributed by atoms with Crippen molar-refractivity contribution in [3.63, 3.8) is 0 Å². The molecule has 6 nitrogen and oxygen atoms in total. The molecule has 0 radical (unpaired) electrons. The molecular weight excluding hydrogens is 374 g/mol. The summed E-state index contributed by atoms with van der Waals surface area (Å²) >= 11 is 6.11. The second-order valence-corrected chi connectivity index (χ2v) is 7.64. The normalized spacial score (nSPS) is 10.4. The van der Waals surface area contributed by atoms with Gasteiger partial charge in [0.25, 0.3) is 5.91 Å². The fraction of sp³-hybridized carbons (Fsp3) is 0.467. The van der Waals surface area contributed by atoms with Gasteiger partial charge in [0, 0.05) is 25.2 Å². The van der Waals surface area contributed by atoms with Gasteiger partial charge in [-0.3, -0.25) is 9.59 Å². The van der Waals surface area contributed by atoms with E-state index in [0.29, 0.717) is 47.6 Å². The number of nitrogens with one attached hydrogen (secondary N) is 1. The first-order valence-corrected chi connectivity index (χ1v) is 10.1. The molecule has 0 aliphatic heterocycles. The molecule has 0 saturated heterocycles. The Morgan fingerprint density at radius 1 is 1.25 bits per heavy atom. The summed E-state index contributed by atoms with van der Waals surface area (Å²) in [5.41, 5.74) is 0.388. The minimum atomic E-state index is -0.805. The summed E-state index contributed by atoms with van der Waals surface area (Å²) < 4.78 is 10.3. The van der Waals surface area contributed by atoms with Crippen LogP contribution in [0.5, 0.6) is 5.75 Å². The molecule has 0 saturated carbocycles. The van der Waals surface area contributed by atoms with Crippen molar-refractivity contribution in [2.24, 2.45) is 0 Å². The number of aliphatic carboxylic acids is 1. The molecule has 2 N–H and O–H groups in total. The summed E-state index contributed by atoms with van der Waals surface area (Å²) in [6, 6.07) is 4.91. The Kier molecular flexibility index (Phi) is 10.7. The first-order chi connectivity index (χ1) is 11.5. The number of amides is 1. The Morgan fingerprint density at radius 3 is 2.67 bits per heavy atom. The molecule has 0 bridgehead atoms. The van der Waals surface area contributed by atoms with Crippen LogP contribution in [0.3, 0.4) is 0 Å². The van der Waals surface area contributed by atoms with Crippen LogP contribution in [0.1, 0.15) is 16.8 Å². The van der Waals surface area contributed by atoms with Gasteiger partial charge >= 0.3 is 5.97 Å². The van der Waals surface area contributed by atoms with E-state index in [-0.39, 0.29) is 12.3 Å². The van der Waals surface area contributed by atoms with Gasteiger partial charge in [-0.1, -0.05) is 33.2 Å². The molecule has 0 heterocycles. The lowest BCUT2D eigenvalue weighted by Crippen LogP contribution is -2.25. The predicted molar refractivity (Wildman–Crippen MR) is 98.3 cm³/mol. The fourth-order valence-electron chi connectivity index (χ4n) is 1.56. The zero-order valence-electron chi connectivity index (χ0n) is 13.2. The molecule has 0 aliphatic carbocycles. The van der Waals surface area contributed by atoms with Gasteiger partial charge in [0.05, 0.1) is 23.6 Å². The Hall–Kier alpha value is -1.09. The van der Waals surface area contributed by atoms with E-state index in [1.54, 1.807) is 25.3 Å². The van der Waals surface area contributed by atoms with Crippen LogP contribution in [0.15, 0.2) is 18.2 Å². The highest BCUT2D eigenvalue weighted by atomic mass is 35.5. The molecule has 1 aromatic rings. The molecule has 0 fully saturated rings. The van der Waals surface area contributed by atoms with E-state index in [1.165, 1.54) is 21.6 Å². The van der Waals surface area contributed by atoms with Crippen molar-refractivity contribution in [3.8, 4) is 5.75 Å². The van der Waals surface area contributed by atoms with Gasteiger partial charge in [0.15, 0.2) is 0 Å². The fourth-order valence-corrected chi connectivity index (χ4v) is 3.70. The molecule has 0 aromatic heterocycles. The van der Waals surface area contributed by atoms with Gasteiger partial charge in [0.1, 0.15) is 12.4 Å².